The van der Waals surface area contributed by atoms with Crippen molar-refractivity contribution in [1.29, 1.82) is 0 Å². The summed E-state index contributed by atoms with van der Waals surface area (Å²) >= 11 is 0. The highest BCUT2D eigenvalue weighted by Gasteiger charge is 2.30. The molecule has 2 N–H and O–H groups in total. The van der Waals surface area contributed by atoms with Crippen LogP contribution in [0.4, 0.5) is 0 Å². The molecule has 3 unspecified atom stereocenters. The van der Waals surface area contributed by atoms with Crippen molar-refractivity contribution >= 4 is 5.97 Å². The molecule has 90 valence electrons. The van der Waals surface area contributed by atoms with Crippen LogP contribution in [0.3, 0.4) is 0 Å². The number of carbonyl (C=O) groups excluding carboxylic acids is 1. The maximum absolute atomic E-state index is 11.2. The van der Waals surface area contributed by atoms with Crippen LogP contribution in [0.25, 0.3) is 0 Å². The van der Waals surface area contributed by atoms with Crippen LogP contribution in [-0.4, -0.2) is 55.0 Å². The van der Waals surface area contributed by atoms with Gasteiger partial charge < -0.3 is 24.4 Å². The second kappa shape index (κ2) is 7.58. The molecule has 0 aromatic rings. The molecule has 6 heteroatoms. The second-order valence-corrected chi connectivity index (χ2v) is 2.85. The van der Waals surface area contributed by atoms with Crippen LogP contribution in [0.5, 0.6) is 0 Å². The van der Waals surface area contributed by atoms with Crippen molar-refractivity contribution in [2.24, 2.45) is 0 Å². The monoisotopic (exact) mass is 222 g/mol. The molecule has 0 amide bonds. The third kappa shape index (κ3) is 5.08. The Kier molecular flexibility index (Phi) is 7.23. The van der Waals surface area contributed by atoms with Crippen LogP contribution in [0.1, 0.15) is 13.8 Å². The van der Waals surface area contributed by atoms with E-state index in [0.717, 1.165) is 0 Å². The predicted octanol–water partition coefficient (Wildman–Crippen LogP) is -0.720. The lowest BCUT2D eigenvalue weighted by atomic mass is 10.2. The lowest BCUT2D eigenvalue weighted by Crippen LogP contribution is -2.42. The fourth-order valence-electron chi connectivity index (χ4n) is 0.996. The molecule has 6 nitrogen and oxygen atoms in total. The van der Waals surface area contributed by atoms with Gasteiger partial charge in [0.05, 0.1) is 13.7 Å². The average Bonchev–Trinajstić information content (AvgIpc) is 2.24. The minimum absolute atomic E-state index is 0.421. The summed E-state index contributed by atoms with van der Waals surface area (Å²) in [7, 11) is 1.17. The number of esters is 1. The molecular weight excluding hydrogens is 204 g/mol. The van der Waals surface area contributed by atoms with E-state index in [1.807, 2.05) is 0 Å². The van der Waals surface area contributed by atoms with E-state index in [9.17, 15) is 9.90 Å². The summed E-state index contributed by atoms with van der Waals surface area (Å²) in [6.07, 6.45) is -3.21. The van der Waals surface area contributed by atoms with Crippen molar-refractivity contribution < 1.29 is 29.2 Å². The smallest absolute Gasteiger partial charge is 0.337 e. The topological polar surface area (TPSA) is 85.2 Å². The molecule has 0 aliphatic heterocycles. The van der Waals surface area contributed by atoms with E-state index in [4.69, 9.17) is 14.6 Å². The summed E-state index contributed by atoms with van der Waals surface area (Å²) in [6, 6.07) is 0. The first-order valence-corrected chi connectivity index (χ1v) is 4.70. The summed E-state index contributed by atoms with van der Waals surface area (Å²) in [4.78, 5) is 11.2. The van der Waals surface area contributed by atoms with Gasteiger partial charge in [0.2, 0.25) is 0 Å². The number of ether oxygens (including phenoxy) is 3. The number of aliphatic hydroxyl groups excluding tert-OH is 2. The molecular formula is C9H18O6. The SMILES string of the molecule is CCOC(C)OC(C(=O)OC)C(O)CO. The Morgan fingerprint density at radius 1 is 1.47 bits per heavy atom. The molecule has 0 aromatic carbocycles. The van der Waals surface area contributed by atoms with Crippen molar-refractivity contribution in [3.63, 3.8) is 0 Å². The van der Waals surface area contributed by atoms with Gasteiger partial charge in [0.15, 0.2) is 12.4 Å². The highest BCUT2D eigenvalue weighted by molar-refractivity contribution is 5.75. The Bertz CT molecular complexity index is 183. The van der Waals surface area contributed by atoms with Gasteiger partial charge >= 0.3 is 5.97 Å². The van der Waals surface area contributed by atoms with Crippen molar-refractivity contribution in [2.75, 3.05) is 20.3 Å². The van der Waals surface area contributed by atoms with Gasteiger partial charge in [0, 0.05) is 6.61 Å². The van der Waals surface area contributed by atoms with Crippen LogP contribution >= 0.6 is 0 Å². The number of methoxy groups -OCH3 is 1. The van der Waals surface area contributed by atoms with Crippen molar-refractivity contribution in [3.05, 3.63) is 0 Å². The summed E-state index contributed by atoms with van der Waals surface area (Å²) < 4.78 is 14.6. The van der Waals surface area contributed by atoms with Gasteiger partial charge in [-0.15, -0.1) is 0 Å². The van der Waals surface area contributed by atoms with E-state index < -0.39 is 31.1 Å². The van der Waals surface area contributed by atoms with Crippen molar-refractivity contribution in [2.45, 2.75) is 32.3 Å². The van der Waals surface area contributed by atoms with E-state index in [-0.39, 0.29) is 0 Å². The minimum Gasteiger partial charge on any atom is -0.467 e. The Hall–Kier alpha value is -0.690. The molecule has 0 aromatic heterocycles. The van der Waals surface area contributed by atoms with E-state index in [1.54, 1.807) is 13.8 Å². The molecule has 0 bridgehead atoms. The highest BCUT2D eigenvalue weighted by atomic mass is 16.7. The maximum Gasteiger partial charge on any atom is 0.337 e. The van der Waals surface area contributed by atoms with Crippen LogP contribution in [0, 0.1) is 0 Å². The van der Waals surface area contributed by atoms with Gasteiger partial charge in [-0.3, -0.25) is 0 Å². The molecule has 0 radical (unpaired) electrons. The zero-order chi connectivity index (χ0) is 11.8. The highest BCUT2D eigenvalue weighted by Crippen LogP contribution is 2.06. The fraction of sp³-hybridized carbons (Fsp3) is 0.889. The Balaban J connectivity index is 4.30. The van der Waals surface area contributed by atoms with Crippen LogP contribution < -0.4 is 0 Å². The molecule has 0 fully saturated rings. The Labute approximate surface area is 88.7 Å². The molecule has 0 rings (SSSR count). The molecule has 0 saturated carbocycles. The van der Waals surface area contributed by atoms with Crippen LogP contribution in [0.2, 0.25) is 0 Å². The summed E-state index contributed by atoms with van der Waals surface area (Å²) in [5.74, 6) is -0.747. The molecule has 3 atom stereocenters. The number of carbonyl (C=O) groups is 1. The number of rotatable bonds is 7. The average molecular weight is 222 g/mol. The van der Waals surface area contributed by atoms with Crippen LogP contribution in [0.15, 0.2) is 0 Å². The van der Waals surface area contributed by atoms with E-state index >= 15 is 0 Å². The predicted molar refractivity (Wildman–Crippen MR) is 51.1 cm³/mol. The van der Waals surface area contributed by atoms with E-state index in [2.05, 4.69) is 4.74 Å². The van der Waals surface area contributed by atoms with Gasteiger partial charge in [-0.25, -0.2) is 4.79 Å². The van der Waals surface area contributed by atoms with E-state index in [1.165, 1.54) is 7.11 Å². The fourth-order valence-corrected chi connectivity index (χ4v) is 0.996. The van der Waals surface area contributed by atoms with Crippen molar-refractivity contribution in [1.82, 2.24) is 0 Å². The first-order valence-electron chi connectivity index (χ1n) is 4.70. The minimum atomic E-state index is -1.32. The number of hydrogen-bond acceptors (Lipinski definition) is 6. The maximum atomic E-state index is 11.2. The number of hydrogen-bond donors (Lipinski definition) is 2. The molecule has 0 spiro atoms. The van der Waals surface area contributed by atoms with Crippen molar-refractivity contribution in [3.8, 4) is 0 Å². The third-order valence-electron chi connectivity index (χ3n) is 1.71. The third-order valence-corrected chi connectivity index (χ3v) is 1.71. The standard InChI is InChI=1S/C9H18O6/c1-4-14-6(2)15-8(7(11)5-10)9(12)13-3/h6-8,10-11H,4-5H2,1-3H3. The molecule has 0 aliphatic rings. The van der Waals surface area contributed by atoms with Gasteiger partial charge in [0.25, 0.3) is 0 Å². The lowest BCUT2D eigenvalue weighted by molar-refractivity contribution is -0.203. The first-order chi connectivity index (χ1) is 7.06. The van der Waals surface area contributed by atoms with Gasteiger partial charge in [-0.2, -0.15) is 0 Å². The van der Waals surface area contributed by atoms with E-state index in [0.29, 0.717) is 6.61 Å². The molecule has 0 saturated heterocycles. The lowest BCUT2D eigenvalue weighted by Gasteiger charge is -2.23. The van der Waals surface area contributed by atoms with Gasteiger partial charge in [-0.05, 0) is 13.8 Å². The zero-order valence-corrected chi connectivity index (χ0v) is 9.17. The Morgan fingerprint density at radius 3 is 2.47 bits per heavy atom. The summed E-state index contributed by atoms with van der Waals surface area (Å²) in [5.41, 5.74) is 0. The van der Waals surface area contributed by atoms with Gasteiger partial charge in [0.1, 0.15) is 6.10 Å². The quantitative estimate of drug-likeness (QED) is 0.437. The van der Waals surface area contributed by atoms with Gasteiger partial charge in [-0.1, -0.05) is 0 Å². The molecule has 15 heavy (non-hydrogen) atoms. The number of aliphatic hydroxyl groups is 2. The van der Waals surface area contributed by atoms with Crippen LogP contribution in [-0.2, 0) is 19.0 Å². The zero-order valence-electron chi connectivity index (χ0n) is 9.17. The normalized spacial score (nSPS) is 16.9. The first kappa shape index (κ1) is 14.3. The summed E-state index contributed by atoms with van der Waals surface area (Å²) in [5, 5.41) is 18.0. The molecule has 0 aliphatic carbocycles. The Morgan fingerprint density at radius 2 is 2.07 bits per heavy atom. The summed E-state index contributed by atoms with van der Waals surface area (Å²) in [6.45, 7) is 3.20. The second-order valence-electron chi connectivity index (χ2n) is 2.85. The molecule has 0 heterocycles. The largest absolute Gasteiger partial charge is 0.467 e.